The Morgan fingerprint density at radius 2 is 1.92 bits per heavy atom. The molecule has 2 heteroatoms. The third kappa shape index (κ3) is 1.64. The monoisotopic (exact) mass is 164 g/mol. The van der Waals surface area contributed by atoms with Crippen LogP contribution in [0.2, 0.25) is 0 Å². The maximum Gasteiger partial charge on any atom is 0.262 e. The van der Waals surface area contributed by atoms with Gasteiger partial charge >= 0.3 is 0 Å². The van der Waals surface area contributed by atoms with Crippen molar-refractivity contribution in [2.45, 2.75) is 25.5 Å². The normalized spacial score (nSPS) is 23.8. The largest absolute Gasteiger partial charge is 0.321 e. The van der Waals surface area contributed by atoms with E-state index in [-0.39, 0.29) is 6.23 Å². The van der Waals surface area contributed by atoms with Crippen LogP contribution >= 0.6 is 0 Å². The molecule has 1 fully saturated rings. The highest BCUT2D eigenvalue weighted by atomic mass is 16.5. The minimum absolute atomic E-state index is 0.278. The van der Waals surface area contributed by atoms with Crippen molar-refractivity contribution >= 4 is 0 Å². The second-order valence-electron chi connectivity index (χ2n) is 3.14. The summed E-state index contributed by atoms with van der Waals surface area (Å²) < 4.78 is 7.76. The third-order valence-electron chi connectivity index (χ3n) is 2.23. The van der Waals surface area contributed by atoms with Crippen molar-refractivity contribution in [2.24, 2.45) is 0 Å². The van der Waals surface area contributed by atoms with Crippen LogP contribution in [0.25, 0.3) is 0 Å². The number of rotatable bonds is 1. The molecule has 0 spiro atoms. The van der Waals surface area contributed by atoms with Gasteiger partial charge in [-0.2, -0.15) is 4.57 Å². The second-order valence-corrected chi connectivity index (χ2v) is 3.14. The van der Waals surface area contributed by atoms with Crippen LogP contribution in [0.15, 0.2) is 30.6 Å². The fraction of sp³-hybridized carbons (Fsp3) is 0.500. The van der Waals surface area contributed by atoms with Gasteiger partial charge in [0, 0.05) is 18.6 Å². The smallest absolute Gasteiger partial charge is 0.262 e. The van der Waals surface area contributed by atoms with Crippen molar-refractivity contribution in [3.63, 3.8) is 0 Å². The minimum Gasteiger partial charge on any atom is -0.321 e. The topological polar surface area (TPSA) is 13.1 Å². The quantitative estimate of drug-likeness (QED) is 0.575. The van der Waals surface area contributed by atoms with E-state index in [2.05, 4.69) is 17.0 Å². The molecule has 0 aromatic carbocycles. The summed E-state index contributed by atoms with van der Waals surface area (Å²) in [6, 6.07) is 6.11. The van der Waals surface area contributed by atoms with E-state index in [1.165, 1.54) is 12.8 Å². The molecular formula is C10H14NO+. The lowest BCUT2D eigenvalue weighted by Gasteiger charge is -2.17. The van der Waals surface area contributed by atoms with Crippen molar-refractivity contribution < 1.29 is 9.30 Å². The van der Waals surface area contributed by atoms with Crippen LogP contribution in [-0.2, 0) is 4.74 Å². The van der Waals surface area contributed by atoms with Crippen molar-refractivity contribution in [1.29, 1.82) is 0 Å². The Bertz CT molecular complexity index is 229. The fourth-order valence-corrected chi connectivity index (χ4v) is 1.56. The second kappa shape index (κ2) is 3.68. The number of pyridine rings is 1. The van der Waals surface area contributed by atoms with Crippen LogP contribution in [0.3, 0.4) is 0 Å². The summed E-state index contributed by atoms with van der Waals surface area (Å²) in [5, 5.41) is 0. The van der Waals surface area contributed by atoms with Gasteiger partial charge in [0.1, 0.15) is 0 Å². The molecule has 64 valence electrons. The van der Waals surface area contributed by atoms with Gasteiger partial charge in [-0.25, -0.2) is 0 Å². The van der Waals surface area contributed by atoms with E-state index in [9.17, 15) is 0 Å². The summed E-state index contributed by atoms with van der Waals surface area (Å²) in [5.74, 6) is 0. The van der Waals surface area contributed by atoms with Crippen LogP contribution in [-0.4, -0.2) is 6.61 Å². The first-order valence-corrected chi connectivity index (χ1v) is 4.54. The van der Waals surface area contributed by atoms with Gasteiger partial charge in [0.25, 0.3) is 6.23 Å². The van der Waals surface area contributed by atoms with Crippen molar-refractivity contribution in [2.75, 3.05) is 6.61 Å². The summed E-state index contributed by atoms with van der Waals surface area (Å²) in [6.07, 6.45) is 8.05. The van der Waals surface area contributed by atoms with Gasteiger partial charge in [0.05, 0.1) is 6.61 Å². The van der Waals surface area contributed by atoms with E-state index in [0.29, 0.717) is 0 Å². The van der Waals surface area contributed by atoms with Gasteiger partial charge in [-0.15, -0.1) is 0 Å². The van der Waals surface area contributed by atoms with Crippen molar-refractivity contribution in [3.8, 4) is 0 Å². The van der Waals surface area contributed by atoms with Crippen LogP contribution < -0.4 is 4.57 Å². The molecule has 1 aromatic heterocycles. The van der Waals surface area contributed by atoms with E-state index >= 15 is 0 Å². The van der Waals surface area contributed by atoms with E-state index < -0.39 is 0 Å². The molecule has 12 heavy (non-hydrogen) atoms. The van der Waals surface area contributed by atoms with Crippen LogP contribution in [0, 0.1) is 0 Å². The molecule has 0 radical (unpaired) electrons. The zero-order chi connectivity index (χ0) is 8.23. The number of hydrogen-bond donors (Lipinski definition) is 0. The first kappa shape index (κ1) is 7.74. The first-order valence-electron chi connectivity index (χ1n) is 4.54. The van der Waals surface area contributed by atoms with Gasteiger partial charge < -0.3 is 4.74 Å². The Labute approximate surface area is 72.8 Å². The van der Waals surface area contributed by atoms with Gasteiger partial charge in [0.15, 0.2) is 12.4 Å². The molecule has 2 heterocycles. The highest BCUT2D eigenvalue weighted by Gasteiger charge is 2.20. The lowest BCUT2D eigenvalue weighted by Crippen LogP contribution is -2.41. The molecular weight excluding hydrogens is 150 g/mol. The number of ether oxygens (including phenoxy) is 1. The van der Waals surface area contributed by atoms with Crippen LogP contribution in [0.5, 0.6) is 0 Å². The van der Waals surface area contributed by atoms with Crippen LogP contribution in [0.1, 0.15) is 25.5 Å². The lowest BCUT2D eigenvalue weighted by molar-refractivity contribution is -0.765. The lowest BCUT2D eigenvalue weighted by atomic mass is 10.2. The zero-order valence-corrected chi connectivity index (χ0v) is 7.15. The standard InChI is InChI=1S/C10H14NO/c1-3-7-11(8-4-1)10-6-2-5-9-12-10/h1,3-4,7-8,10H,2,5-6,9H2/q+1. The van der Waals surface area contributed by atoms with Crippen molar-refractivity contribution in [3.05, 3.63) is 30.6 Å². The first-order chi connectivity index (χ1) is 5.97. The molecule has 0 saturated carbocycles. The summed E-state index contributed by atoms with van der Waals surface area (Å²) in [7, 11) is 0. The number of hydrogen-bond acceptors (Lipinski definition) is 1. The average Bonchev–Trinajstić information content (AvgIpc) is 2.21. The predicted octanol–water partition coefficient (Wildman–Crippen LogP) is 1.67. The van der Waals surface area contributed by atoms with Crippen molar-refractivity contribution in [1.82, 2.24) is 0 Å². The van der Waals surface area contributed by atoms with Gasteiger partial charge in [-0.05, 0) is 12.8 Å². The molecule has 0 bridgehead atoms. The van der Waals surface area contributed by atoms with Crippen LogP contribution in [0.4, 0.5) is 0 Å². The van der Waals surface area contributed by atoms with Gasteiger partial charge in [0.2, 0.25) is 0 Å². The highest BCUT2D eigenvalue weighted by molar-refractivity contribution is 4.83. The summed E-state index contributed by atoms with van der Waals surface area (Å²) >= 11 is 0. The van der Waals surface area contributed by atoms with Gasteiger partial charge in [-0.1, -0.05) is 6.07 Å². The Hall–Kier alpha value is -0.890. The Morgan fingerprint density at radius 1 is 1.08 bits per heavy atom. The molecule has 1 atom stereocenters. The molecule has 0 N–H and O–H groups in total. The molecule has 1 unspecified atom stereocenters. The highest BCUT2D eigenvalue weighted by Crippen LogP contribution is 2.16. The molecule has 1 aromatic rings. The Balaban J connectivity index is 2.08. The summed E-state index contributed by atoms with van der Waals surface area (Å²) in [5.41, 5.74) is 0. The van der Waals surface area contributed by atoms with E-state index in [1.807, 2.05) is 18.2 Å². The van der Waals surface area contributed by atoms with E-state index in [0.717, 1.165) is 13.0 Å². The fourth-order valence-electron chi connectivity index (χ4n) is 1.56. The molecule has 2 nitrogen and oxygen atoms in total. The summed E-state index contributed by atoms with van der Waals surface area (Å²) in [4.78, 5) is 0. The Kier molecular flexibility index (Phi) is 2.37. The number of nitrogens with zero attached hydrogens (tertiary/aromatic N) is 1. The molecule has 1 saturated heterocycles. The molecule has 0 aliphatic carbocycles. The third-order valence-corrected chi connectivity index (χ3v) is 2.23. The minimum atomic E-state index is 0.278. The van der Waals surface area contributed by atoms with E-state index in [4.69, 9.17) is 4.74 Å². The maximum atomic E-state index is 5.63. The Morgan fingerprint density at radius 3 is 2.58 bits per heavy atom. The molecule has 1 aliphatic heterocycles. The number of aromatic nitrogens is 1. The molecule has 1 aliphatic rings. The zero-order valence-electron chi connectivity index (χ0n) is 7.15. The average molecular weight is 164 g/mol. The summed E-state index contributed by atoms with van der Waals surface area (Å²) in [6.45, 7) is 0.909. The molecule has 0 amide bonds. The molecule has 2 rings (SSSR count). The maximum absolute atomic E-state index is 5.63. The van der Waals surface area contributed by atoms with Gasteiger partial charge in [-0.3, -0.25) is 0 Å². The predicted molar refractivity (Wildman–Crippen MR) is 45.5 cm³/mol. The van der Waals surface area contributed by atoms with E-state index in [1.54, 1.807) is 0 Å². The SMILES string of the molecule is c1cc[n+](C2CCCCO2)cc1.